The van der Waals surface area contributed by atoms with Crippen LogP contribution in [0, 0.1) is 13.8 Å². The fourth-order valence-corrected chi connectivity index (χ4v) is 5.17. The number of likely N-dealkylation sites (N-methyl/N-ethyl adjacent to an activating group) is 2. The van der Waals surface area contributed by atoms with Crippen LogP contribution in [0.25, 0.3) is 11.1 Å². The van der Waals surface area contributed by atoms with Gasteiger partial charge in [0.1, 0.15) is 11.5 Å². The number of hydrogen-bond donors (Lipinski definition) is 0. The number of rotatable bonds is 13. The van der Waals surface area contributed by atoms with E-state index in [1.165, 1.54) is 48.4 Å². The third-order valence-corrected chi connectivity index (χ3v) is 7.95. The molecule has 2 heterocycles. The van der Waals surface area contributed by atoms with Crippen molar-refractivity contribution in [3.8, 4) is 22.6 Å². The van der Waals surface area contributed by atoms with Crippen LogP contribution in [0.4, 0.5) is 0 Å². The first kappa shape index (κ1) is 26.9. The summed E-state index contributed by atoms with van der Waals surface area (Å²) >= 11 is 0. The topological polar surface area (TPSA) is 31.4 Å². The van der Waals surface area contributed by atoms with E-state index in [4.69, 9.17) is 9.47 Å². The highest BCUT2D eigenvalue weighted by Crippen LogP contribution is 2.35. The van der Waals surface area contributed by atoms with E-state index in [0.717, 1.165) is 50.6 Å². The van der Waals surface area contributed by atoms with Crippen LogP contribution < -0.4 is 9.47 Å². The van der Waals surface area contributed by atoms with E-state index in [1.807, 2.05) is 0 Å². The molecule has 6 nitrogen and oxygen atoms in total. The molecular weight excluding hydrogens is 448 g/mol. The molecule has 0 bridgehead atoms. The summed E-state index contributed by atoms with van der Waals surface area (Å²) in [6.07, 6.45) is 2.11. The molecule has 2 saturated heterocycles. The van der Waals surface area contributed by atoms with E-state index >= 15 is 0 Å². The second kappa shape index (κ2) is 12.4. The molecule has 0 spiro atoms. The molecule has 0 amide bonds. The molecule has 2 aromatic rings. The fraction of sp³-hybridized carbons (Fsp3) is 0.600. The Hall–Kier alpha value is -2.12. The number of nitrogens with zero attached hydrogens (tertiary/aromatic N) is 4. The molecular formula is C30H46N4O2. The van der Waals surface area contributed by atoms with E-state index < -0.39 is 0 Å². The van der Waals surface area contributed by atoms with Crippen LogP contribution in [0.3, 0.4) is 0 Å². The Balaban J connectivity index is 1.26. The normalized spacial score (nSPS) is 17.4. The fourth-order valence-electron chi connectivity index (χ4n) is 5.17. The summed E-state index contributed by atoms with van der Waals surface area (Å²) in [5.74, 6) is 1.97. The smallest absolute Gasteiger partial charge is 0.122 e. The van der Waals surface area contributed by atoms with E-state index in [0.29, 0.717) is 12.1 Å². The molecule has 2 aliphatic heterocycles. The third kappa shape index (κ3) is 6.60. The molecule has 6 heteroatoms. The summed E-state index contributed by atoms with van der Waals surface area (Å²) in [4.78, 5) is 9.65. The Morgan fingerprint density at radius 3 is 1.42 bits per heavy atom. The van der Waals surface area contributed by atoms with Crippen LogP contribution in [0.1, 0.15) is 24.0 Å². The molecule has 198 valence electrons. The molecule has 4 rings (SSSR count). The number of benzene rings is 2. The van der Waals surface area contributed by atoms with Gasteiger partial charge in [0.2, 0.25) is 0 Å². The second-order valence-corrected chi connectivity index (χ2v) is 11.0. The van der Waals surface area contributed by atoms with Gasteiger partial charge < -0.3 is 19.3 Å². The minimum Gasteiger partial charge on any atom is -0.493 e. The van der Waals surface area contributed by atoms with Gasteiger partial charge in [-0.25, -0.2) is 0 Å². The molecule has 36 heavy (non-hydrogen) atoms. The van der Waals surface area contributed by atoms with Crippen molar-refractivity contribution in [2.24, 2.45) is 0 Å². The Labute approximate surface area is 218 Å². The van der Waals surface area contributed by atoms with Crippen LogP contribution >= 0.6 is 0 Å². The largest absolute Gasteiger partial charge is 0.493 e. The monoisotopic (exact) mass is 494 g/mol. The lowest BCUT2D eigenvalue weighted by Gasteiger charge is -2.42. The van der Waals surface area contributed by atoms with Crippen molar-refractivity contribution >= 4 is 0 Å². The number of hydrogen-bond acceptors (Lipinski definition) is 6. The minimum absolute atomic E-state index is 0.712. The maximum absolute atomic E-state index is 6.23. The molecule has 2 aromatic carbocycles. The predicted molar refractivity (Wildman–Crippen MR) is 149 cm³/mol. The zero-order valence-corrected chi connectivity index (χ0v) is 23.3. The van der Waals surface area contributed by atoms with E-state index in [2.05, 4.69) is 98.0 Å². The van der Waals surface area contributed by atoms with Gasteiger partial charge >= 0.3 is 0 Å². The lowest BCUT2D eigenvalue weighted by atomic mass is 9.95. The average molecular weight is 495 g/mol. The SMILES string of the molecule is Cc1c(OCCCN2CC(N(C)C)C2)cccc1-c1cccc(OCCCN2CC(N(C)C)C2)c1C. The maximum Gasteiger partial charge on any atom is 0.122 e. The Morgan fingerprint density at radius 1 is 0.667 bits per heavy atom. The van der Waals surface area contributed by atoms with Crippen LogP contribution in [0.2, 0.25) is 0 Å². The number of likely N-dealkylation sites (tertiary alicyclic amines) is 2. The second-order valence-electron chi connectivity index (χ2n) is 11.0. The summed E-state index contributed by atoms with van der Waals surface area (Å²) in [5, 5.41) is 0. The van der Waals surface area contributed by atoms with Crippen molar-refractivity contribution in [2.75, 3.05) is 80.7 Å². The summed E-state index contributed by atoms with van der Waals surface area (Å²) in [5.41, 5.74) is 4.84. The third-order valence-electron chi connectivity index (χ3n) is 7.95. The van der Waals surface area contributed by atoms with Crippen molar-refractivity contribution in [2.45, 2.75) is 38.8 Å². The highest BCUT2D eigenvalue weighted by Gasteiger charge is 2.28. The van der Waals surface area contributed by atoms with Crippen molar-refractivity contribution < 1.29 is 9.47 Å². The van der Waals surface area contributed by atoms with Gasteiger partial charge in [-0.3, -0.25) is 9.80 Å². The summed E-state index contributed by atoms with van der Waals surface area (Å²) in [6.45, 7) is 12.8. The Morgan fingerprint density at radius 2 is 1.06 bits per heavy atom. The molecule has 0 unspecified atom stereocenters. The molecule has 2 aliphatic rings. The number of ether oxygens (including phenoxy) is 2. The Kier molecular flexibility index (Phi) is 9.29. The van der Waals surface area contributed by atoms with Crippen LogP contribution in [0.5, 0.6) is 11.5 Å². The van der Waals surface area contributed by atoms with Gasteiger partial charge in [0.25, 0.3) is 0 Å². The van der Waals surface area contributed by atoms with Crippen molar-refractivity contribution in [3.05, 3.63) is 47.5 Å². The summed E-state index contributed by atoms with van der Waals surface area (Å²) < 4.78 is 12.5. The quantitative estimate of drug-likeness (QED) is 0.391. The first-order valence-corrected chi connectivity index (χ1v) is 13.6. The van der Waals surface area contributed by atoms with Crippen molar-refractivity contribution in [3.63, 3.8) is 0 Å². The minimum atomic E-state index is 0.712. The van der Waals surface area contributed by atoms with Crippen LogP contribution in [-0.2, 0) is 0 Å². The van der Waals surface area contributed by atoms with Gasteiger partial charge in [0.05, 0.1) is 13.2 Å². The van der Waals surface area contributed by atoms with Crippen LogP contribution in [-0.4, -0.2) is 112 Å². The molecule has 0 aliphatic carbocycles. The molecule has 0 saturated carbocycles. The summed E-state index contributed by atoms with van der Waals surface area (Å²) in [6, 6.07) is 14.2. The van der Waals surface area contributed by atoms with Gasteiger partial charge in [-0.2, -0.15) is 0 Å². The molecule has 0 N–H and O–H groups in total. The first-order chi connectivity index (χ1) is 17.3. The van der Waals surface area contributed by atoms with Crippen LogP contribution in [0.15, 0.2) is 36.4 Å². The zero-order chi connectivity index (χ0) is 25.7. The zero-order valence-electron chi connectivity index (χ0n) is 23.3. The molecule has 0 radical (unpaired) electrons. The van der Waals surface area contributed by atoms with Gasteiger partial charge in [0.15, 0.2) is 0 Å². The molecule has 0 atom stereocenters. The van der Waals surface area contributed by atoms with E-state index in [1.54, 1.807) is 0 Å². The van der Waals surface area contributed by atoms with Gasteiger partial charge in [0, 0.05) is 51.4 Å². The molecule has 2 fully saturated rings. The van der Waals surface area contributed by atoms with E-state index in [9.17, 15) is 0 Å². The lowest BCUT2D eigenvalue weighted by molar-refractivity contribution is 0.0595. The summed E-state index contributed by atoms with van der Waals surface area (Å²) in [7, 11) is 8.66. The predicted octanol–water partition coefficient (Wildman–Crippen LogP) is 4.00. The van der Waals surface area contributed by atoms with Crippen molar-refractivity contribution in [1.29, 1.82) is 0 Å². The average Bonchev–Trinajstić information content (AvgIpc) is 2.78. The lowest BCUT2D eigenvalue weighted by Crippen LogP contribution is -2.57. The van der Waals surface area contributed by atoms with Gasteiger partial charge in [-0.05, 0) is 89.3 Å². The first-order valence-electron chi connectivity index (χ1n) is 13.6. The Bertz CT molecular complexity index is 901. The highest BCUT2D eigenvalue weighted by atomic mass is 16.5. The maximum atomic E-state index is 6.23. The van der Waals surface area contributed by atoms with Crippen molar-refractivity contribution in [1.82, 2.24) is 19.6 Å². The highest BCUT2D eigenvalue weighted by molar-refractivity contribution is 5.74. The van der Waals surface area contributed by atoms with E-state index in [-0.39, 0.29) is 0 Å². The molecule has 0 aromatic heterocycles. The van der Waals surface area contributed by atoms with Gasteiger partial charge in [-0.1, -0.05) is 24.3 Å². The van der Waals surface area contributed by atoms with Gasteiger partial charge in [-0.15, -0.1) is 0 Å². The standard InChI is InChI=1S/C30H46N4O2/c1-23-27(11-7-13-29(23)35-17-9-15-33-19-25(20-33)31(3)4)28-12-8-14-30(24(28)2)36-18-10-16-34-21-26(22-34)32(5)6/h7-8,11-14,25-26H,9-10,15-22H2,1-6H3.